The van der Waals surface area contributed by atoms with Crippen molar-refractivity contribution in [3.8, 4) is 0 Å². The van der Waals surface area contributed by atoms with Crippen LogP contribution in [0.1, 0.15) is 16.2 Å². The Kier molecular flexibility index (Phi) is 4.24. The summed E-state index contributed by atoms with van der Waals surface area (Å²) in [6.45, 7) is 4.68. The number of hydrogen-bond donors (Lipinski definition) is 0. The first kappa shape index (κ1) is 16.0. The molecule has 0 unspecified atom stereocenters. The summed E-state index contributed by atoms with van der Waals surface area (Å²) >= 11 is 0. The maximum Gasteiger partial charge on any atom is 0.270 e. The van der Waals surface area contributed by atoms with E-state index < -0.39 is 4.92 Å². The molecule has 3 rings (SSSR count). The Morgan fingerprint density at radius 3 is 2.17 bits per heavy atom. The van der Waals surface area contributed by atoms with Gasteiger partial charge >= 0.3 is 0 Å². The molecule has 2 heterocycles. The van der Waals surface area contributed by atoms with Crippen molar-refractivity contribution in [1.82, 2.24) is 9.47 Å². The van der Waals surface area contributed by atoms with Crippen LogP contribution in [0, 0.1) is 17.0 Å². The number of piperazine rings is 1. The highest BCUT2D eigenvalue weighted by atomic mass is 16.6. The molecule has 1 aliphatic heterocycles. The van der Waals surface area contributed by atoms with Crippen molar-refractivity contribution in [3.63, 3.8) is 0 Å². The van der Waals surface area contributed by atoms with E-state index in [1.165, 1.54) is 12.1 Å². The SMILES string of the molecule is Cc1ccc(C(=O)N2CCN(c3ccc([N+](=O)[O-])cc3)CC2)n1C. The van der Waals surface area contributed by atoms with Crippen LogP contribution in [0.4, 0.5) is 11.4 Å². The molecule has 1 aliphatic rings. The van der Waals surface area contributed by atoms with Gasteiger partial charge in [-0.1, -0.05) is 0 Å². The Morgan fingerprint density at radius 1 is 1.04 bits per heavy atom. The van der Waals surface area contributed by atoms with Crippen LogP contribution in [-0.4, -0.2) is 46.5 Å². The van der Waals surface area contributed by atoms with Crippen LogP contribution in [-0.2, 0) is 7.05 Å². The smallest absolute Gasteiger partial charge is 0.270 e. The first-order chi connectivity index (χ1) is 11.5. The highest BCUT2D eigenvalue weighted by molar-refractivity contribution is 5.93. The normalized spacial score (nSPS) is 14.8. The number of benzene rings is 1. The number of anilines is 1. The number of non-ortho nitro benzene ring substituents is 1. The molecular formula is C17H20N4O3. The third-order valence-corrected chi connectivity index (χ3v) is 4.58. The molecule has 2 aromatic rings. The number of nitrogens with zero attached hydrogens (tertiary/aromatic N) is 4. The highest BCUT2D eigenvalue weighted by Gasteiger charge is 2.24. The Hall–Kier alpha value is -2.83. The average Bonchev–Trinajstić information content (AvgIpc) is 2.94. The molecule has 126 valence electrons. The molecule has 7 nitrogen and oxygen atoms in total. The summed E-state index contributed by atoms with van der Waals surface area (Å²) < 4.78 is 1.91. The number of amides is 1. The van der Waals surface area contributed by atoms with Gasteiger partial charge in [-0.15, -0.1) is 0 Å². The van der Waals surface area contributed by atoms with Gasteiger partial charge in [-0.2, -0.15) is 0 Å². The summed E-state index contributed by atoms with van der Waals surface area (Å²) in [5.74, 6) is 0.0500. The minimum atomic E-state index is -0.401. The number of rotatable bonds is 3. The lowest BCUT2D eigenvalue weighted by molar-refractivity contribution is -0.384. The monoisotopic (exact) mass is 328 g/mol. The van der Waals surface area contributed by atoms with Gasteiger partial charge in [0, 0.05) is 56.7 Å². The van der Waals surface area contributed by atoms with Crippen molar-refractivity contribution in [1.29, 1.82) is 0 Å². The molecule has 0 spiro atoms. The maximum atomic E-state index is 12.6. The van der Waals surface area contributed by atoms with Gasteiger partial charge in [0.15, 0.2) is 0 Å². The average molecular weight is 328 g/mol. The van der Waals surface area contributed by atoms with Crippen LogP contribution in [0.5, 0.6) is 0 Å². The minimum Gasteiger partial charge on any atom is -0.368 e. The van der Waals surface area contributed by atoms with Crippen molar-refractivity contribution < 1.29 is 9.72 Å². The van der Waals surface area contributed by atoms with E-state index >= 15 is 0 Å². The van der Waals surface area contributed by atoms with Crippen molar-refractivity contribution in [2.45, 2.75) is 6.92 Å². The molecule has 0 bridgehead atoms. The van der Waals surface area contributed by atoms with Crippen LogP contribution in [0.25, 0.3) is 0 Å². The number of nitro benzene ring substituents is 1. The van der Waals surface area contributed by atoms with E-state index in [-0.39, 0.29) is 11.6 Å². The van der Waals surface area contributed by atoms with Crippen molar-refractivity contribution in [2.75, 3.05) is 31.1 Å². The second-order valence-corrected chi connectivity index (χ2v) is 5.97. The molecule has 0 radical (unpaired) electrons. The molecule has 0 aliphatic carbocycles. The fourth-order valence-corrected chi connectivity index (χ4v) is 2.94. The predicted molar refractivity (Wildman–Crippen MR) is 91.4 cm³/mol. The van der Waals surface area contributed by atoms with Gasteiger partial charge in [0.2, 0.25) is 0 Å². The molecule has 7 heteroatoms. The summed E-state index contributed by atoms with van der Waals surface area (Å²) in [4.78, 5) is 26.9. The lowest BCUT2D eigenvalue weighted by Crippen LogP contribution is -2.49. The maximum absolute atomic E-state index is 12.6. The van der Waals surface area contributed by atoms with Gasteiger partial charge in [0.05, 0.1) is 4.92 Å². The third-order valence-electron chi connectivity index (χ3n) is 4.58. The Morgan fingerprint density at radius 2 is 1.67 bits per heavy atom. The van der Waals surface area contributed by atoms with Gasteiger partial charge in [0.1, 0.15) is 5.69 Å². The number of aromatic nitrogens is 1. The second-order valence-electron chi connectivity index (χ2n) is 5.97. The van der Waals surface area contributed by atoms with Crippen LogP contribution < -0.4 is 4.90 Å². The molecule has 24 heavy (non-hydrogen) atoms. The van der Waals surface area contributed by atoms with Crippen molar-refractivity contribution in [2.24, 2.45) is 7.05 Å². The predicted octanol–water partition coefficient (Wildman–Crippen LogP) is 2.20. The third kappa shape index (κ3) is 2.97. The number of carbonyl (C=O) groups is 1. The van der Waals surface area contributed by atoms with E-state index in [1.807, 2.05) is 35.6 Å². The summed E-state index contributed by atoms with van der Waals surface area (Å²) in [5, 5.41) is 10.7. The van der Waals surface area contributed by atoms with Crippen molar-refractivity contribution in [3.05, 3.63) is 57.9 Å². The summed E-state index contributed by atoms with van der Waals surface area (Å²) in [6, 6.07) is 10.4. The van der Waals surface area contributed by atoms with Gasteiger partial charge in [0.25, 0.3) is 11.6 Å². The van der Waals surface area contributed by atoms with Gasteiger partial charge in [-0.3, -0.25) is 14.9 Å². The lowest BCUT2D eigenvalue weighted by atomic mass is 10.2. The molecular weight excluding hydrogens is 308 g/mol. The van der Waals surface area contributed by atoms with E-state index in [0.717, 1.165) is 11.4 Å². The fraction of sp³-hybridized carbons (Fsp3) is 0.353. The van der Waals surface area contributed by atoms with Gasteiger partial charge in [-0.05, 0) is 31.2 Å². The molecule has 0 saturated carbocycles. The Balaban J connectivity index is 1.64. The molecule has 1 aromatic heterocycles. The molecule has 0 atom stereocenters. The zero-order valence-corrected chi connectivity index (χ0v) is 13.8. The zero-order chi connectivity index (χ0) is 17.3. The van der Waals surface area contributed by atoms with Crippen LogP contribution >= 0.6 is 0 Å². The number of carbonyl (C=O) groups excluding carboxylic acids is 1. The molecule has 1 saturated heterocycles. The number of hydrogen-bond acceptors (Lipinski definition) is 4. The fourth-order valence-electron chi connectivity index (χ4n) is 2.94. The quantitative estimate of drug-likeness (QED) is 0.640. The Labute approximate surface area is 140 Å². The first-order valence-electron chi connectivity index (χ1n) is 7.88. The Bertz CT molecular complexity index is 759. The summed E-state index contributed by atoms with van der Waals surface area (Å²) in [7, 11) is 1.90. The number of nitro groups is 1. The molecule has 0 N–H and O–H groups in total. The van der Waals surface area contributed by atoms with Crippen molar-refractivity contribution >= 4 is 17.3 Å². The summed E-state index contributed by atoms with van der Waals surface area (Å²) in [6.07, 6.45) is 0. The molecule has 1 amide bonds. The van der Waals surface area contributed by atoms with Crippen LogP contribution in [0.2, 0.25) is 0 Å². The standard InChI is InChI=1S/C17H20N4O3/c1-13-3-8-16(18(13)2)17(22)20-11-9-19(10-12-20)14-4-6-15(7-5-14)21(23)24/h3-8H,9-12H2,1-2H3. The highest BCUT2D eigenvalue weighted by Crippen LogP contribution is 2.21. The largest absolute Gasteiger partial charge is 0.368 e. The lowest BCUT2D eigenvalue weighted by Gasteiger charge is -2.36. The second kappa shape index (κ2) is 6.35. The zero-order valence-electron chi connectivity index (χ0n) is 13.8. The van der Waals surface area contributed by atoms with Gasteiger partial charge in [-0.25, -0.2) is 0 Å². The molecule has 1 fully saturated rings. The molecule has 1 aromatic carbocycles. The van der Waals surface area contributed by atoms with Gasteiger partial charge < -0.3 is 14.4 Å². The van der Waals surface area contributed by atoms with E-state index in [0.29, 0.717) is 31.9 Å². The topological polar surface area (TPSA) is 71.6 Å². The van der Waals surface area contributed by atoms with Crippen LogP contribution in [0.3, 0.4) is 0 Å². The minimum absolute atomic E-state index is 0.0500. The van der Waals surface area contributed by atoms with E-state index in [9.17, 15) is 14.9 Å². The first-order valence-corrected chi connectivity index (χ1v) is 7.88. The van der Waals surface area contributed by atoms with E-state index in [1.54, 1.807) is 12.1 Å². The van der Waals surface area contributed by atoms with Crippen LogP contribution in [0.15, 0.2) is 36.4 Å². The number of aryl methyl sites for hydroxylation is 1. The van der Waals surface area contributed by atoms with E-state index in [4.69, 9.17) is 0 Å². The summed E-state index contributed by atoms with van der Waals surface area (Å²) in [5.41, 5.74) is 2.80. The van der Waals surface area contributed by atoms with E-state index in [2.05, 4.69) is 4.90 Å².